The summed E-state index contributed by atoms with van der Waals surface area (Å²) in [5, 5.41) is 3.95. The molecule has 1 N–H and O–H groups in total. The van der Waals surface area contributed by atoms with Gasteiger partial charge in [-0.05, 0) is 55.9 Å². The van der Waals surface area contributed by atoms with Crippen LogP contribution in [0.2, 0.25) is 0 Å². The maximum atomic E-state index is 12.8. The molecule has 0 radical (unpaired) electrons. The number of nitrogens with one attached hydrogen (secondary N) is 1. The van der Waals surface area contributed by atoms with E-state index in [9.17, 15) is 4.79 Å². The minimum absolute atomic E-state index is 0.00305. The summed E-state index contributed by atoms with van der Waals surface area (Å²) >= 11 is 1.17. The smallest absolute Gasteiger partial charge is 0.268 e. The summed E-state index contributed by atoms with van der Waals surface area (Å²) in [4.78, 5) is 23.4. The second-order valence-corrected chi connectivity index (χ2v) is 6.74. The van der Waals surface area contributed by atoms with Gasteiger partial charge in [-0.3, -0.25) is 4.79 Å². The van der Waals surface area contributed by atoms with Crippen LogP contribution in [0.3, 0.4) is 0 Å². The lowest BCUT2D eigenvalue weighted by atomic mass is 10.2. The third kappa shape index (κ3) is 2.41. The minimum Gasteiger partial charge on any atom is -0.340 e. The monoisotopic (exact) mass is 327 g/mol. The second-order valence-electron chi connectivity index (χ2n) is 5.99. The lowest BCUT2D eigenvalue weighted by Crippen LogP contribution is -2.31. The van der Waals surface area contributed by atoms with Crippen molar-refractivity contribution >= 4 is 28.5 Å². The number of likely N-dealkylation sites (tertiary alicyclic amines) is 1. The number of hydrogen-bond donors (Lipinski definition) is 1. The van der Waals surface area contributed by atoms with Crippen molar-refractivity contribution in [3.8, 4) is 0 Å². The zero-order valence-electron chi connectivity index (χ0n) is 13.0. The van der Waals surface area contributed by atoms with Gasteiger partial charge in [-0.2, -0.15) is 0 Å². The molecule has 0 aliphatic carbocycles. The van der Waals surface area contributed by atoms with Crippen LogP contribution >= 0.6 is 11.5 Å². The molecule has 1 fully saturated rings. The van der Waals surface area contributed by atoms with Crippen molar-refractivity contribution in [3.63, 3.8) is 0 Å². The molecule has 1 aliphatic rings. The van der Waals surface area contributed by atoms with Crippen LogP contribution in [0.5, 0.6) is 0 Å². The highest BCUT2D eigenvalue weighted by Gasteiger charge is 2.34. The Morgan fingerprint density at radius 3 is 3.04 bits per heavy atom. The van der Waals surface area contributed by atoms with Gasteiger partial charge in [0.05, 0.1) is 22.8 Å². The maximum Gasteiger partial charge on any atom is 0.268 e. The standard InChI is InChI=1S/C16H17N5OS/c1-9-5-6-11-12(8-9)18-15(17-11)13-4-3-7-21(13)16(22)14-10(2)19-20-23-14/h5-6,8,13H,3-4,7H2,1-2H3,(H,17,18)/t13-/m0/s1. The molecule has 4 rings (SSSR count). The number of imidazole rings is 1. The van der Waals surface area contributed by atoms with Gasteiger partial charge in [0.2, 0.25) is 0 Å². The van der Waals surface area contributed by atoms with Crippen LogP contribution in [0.1, 0.15) is 45.6 Å². The molecule has 2 aromatic heterocycles. The van der Waals surface area contributed by atoms with Crippen molar-refractivity contribution < 1.29 is 4.79 Å². The highest BCUT2D eigenvalue weighted by atomic mass is 32.1. The fourth-order valence-electron chi connectivity index (χ4n) is 3.15. The first-order chi connectivity index (χ1) is 11.1. The molecule has 0 unspecified atom stereocenters. The van der Waals surface area contributed by atoms with E-state index >= 15 is 0 Å². The van der Waals surface area contributed by atoms with Gasteiger partial charge in [-0.15, -0.1) is 5.10 Å². The van der Waals surface area contributed by atoms with Gasteiger partial charge in [0, 0.05) is 6.54 Å². The topological polar surface area (TPSA) is 74.8 Å². The number of aromatic nitrogens is 4. The number of hydrogen-bond acceptors (Lipinski definition) is 5. The number of carbonyl (C=O) groups excluding carboxylic acids is 1. The van der Waals surface area contributed by atoms with Crippen LogP contribution in [0.25, 0.3) is 11.0 Å². The zero-order chi connectivity index (χ0) is 16.0. The fourth-order valence-corrected chi connectivity index (χ4v) is 3.77. The fraction of sp³-hybridized carbons (Fsp3) is 0.375. The Morgan fingerprint density at radius 2 is 2.26 bits per heavy atom. The van der Waals surface area contributed by atoms with Crippen LogP contribution in [0.15, 0.2) is 18.2 Å². The summed E-state index contributed by atoms with van der Waals surface area (Å²) in [6.07, 6.45) is 1.91. The molecule has 118 valence electrons. The summed E-state index contributed by atoms with van der Waals surface area (Å²) in [5.41, 5.74) is 3.86. The molecular formula is C16H17N5OS. The summed E-state index contributed by atoms with van der Waals surface area (Å²) in [6.45, 7) is 4.63. The summed E-state index contributed by atoms with van der Waals surface area (Å²) < 4.78 is 3.88. The van der Waals surface area contributed by atoms with Gasteiger partial charge in [0.15, 0.2) is 0 Å². The van der Waals surface area contributed by atoms with E-state index in [1.165, 1.54) is 17.1 Å². The van der Waals surface area contributed by atoms with Crippen LogP contribution < -0.4 is 0 Å². The van der Waals surface area contributed by atoms with E-state index in [0.717, 1.165) is 36.2 Å². The molecule has 3 heterocycles. The number of carbonyl (C=O) groups is 1. The van der Waals surface area contributed by atoms with Crippen LogP contribution in [0.4, 0.5) is 0 Å². The molecule has 1 saturated heterocycles. The molecule has 23 heavy (non-hydrogen) atoms. The summed E-state index contributed by atoms with van der Waals surface area (Å²) in [5.74, 6) is 0.878. The van der Waals surface area contributed by atoms with Gasteiger partial charge < -0.3 is 9.88 Å². The predicted molar refractivity (Wildman–Crippen MR) is 88.5 cm³/mol. The number of amides is 1. The molecule has 7 heteroatoms. The average molecular weight is 327 g/mol. The molecule has 0 spiro atoms. The molecular weight excluding hydrogens is 310 g/mol. The SMILES string of the molecule is Cc1ccc2nc([C@@H]3CCCN3C(=O)c3snnc3C)[nH]c2c1. The van der Waals surface area contributed by atoms with Crippen molar-refractivity contribution in [2.45, 2.75) is 32.7 Å². The Balaban J connectivity index is 1.69. The van der Waals surface area contributed by atoms with E-state index in [4.69, 9.17) is 4.98 Å². The Labute approximate surface area is 137 Å². The Bertz CT molecular complexity index is 884. The first kappa shape index (κ1) is 14.3. The van der Waals surface area contributed by atoms with Gasteiger partial charge in [0.25, 0.3) is 5.91 Å². The zero-order valence-corrected chi connectivity index (χ0v) is 13.9. The Morgan fingerprint density at radius 1 is 1.39 bits per heavy atom. The number of H-pyrrole nitrogens is 1. The number of aromatic amines is 1. The van der Waals surface area contributed by atoms with E-state index in [2.05, 4.69) is 33.6 Å². The van der Waals surface area contributed by atoms with Crippen LogP contribution in [-0.4, -0.2) is 36.9 Å². The van der Waals surface area contributed by atoms with Gasteiger partial charge >= 0.3 is 0 Å². The summed E-state index contributed by atoms with van der Waals surface area (Å²) in [6, 6.07) is 6.15. The molecule has 6 nitrogen and oxygen atoms in total. The number of nitrogens with zero attached hydrogens (tertiary/aromatic N) is 4. The van der Waals surface area contributed by atoms with E-state index in [0.29, 0.717) is 10.6 Å². The Kier molecular flexibility index (Phi) is 3.37. The number of rotatable bonds is 2. The number of aryl methyl sites for hydroxylation is 2. The lowest BCUT2D eigenvalue weighted by molar-refractivity contribution is 0.0734. The third-order valence-electron chi connectivity index (χ3n) is 4.33. The van der Waals surface area contributed by atoms with Crippen molar-refractivity contribution in [3.05, 3.63) is 40.2 Å². The average Bonchev–Trinajstić information content (AvgIpc) is 3.23. The summed E-state index contributed by atoms with van der Waals surface area (Å²) in [7, 11) is 0. The molecule has 1 amide bonds. The van der Waals surface area contributed by atoms with Crippen molar-refractivity contribution in [2.75, 3.05) is 6.54 Å². The molecule has 1 atom stereocenters. The van der Waals surface area contributed by atoms with E-state index in [1.54, 1.807) is 0 Å². The largest absolute Gasteiger partial charge is 0.340 e. The van der Waals surface area contributed by atoms with E-state index < -0.39 is 0 Å². The van der Waals surface area contributed by atoms with Crippen molar-refractivity contribution in [1.29, 1.82) is 0 Å². The quantitative estimate of drug-likeness (QED) is 0.785. The van der Waals surface area contributed by atoms with Crippen molar-refractivity contribution in [2.24, 2.45) is 0 Å². The third-order valence-corrected chi connectivity index (χ3v) is 5.15. The molecule has 3 aromatic rings. The minimum atomic E-state index is -0.00305. The molecule has 1 aliphatic heterocycles. The van der Waals surface area contributed by atoms with E-state index in [-0.39, 0.29) is 11.9 Å². The van der Waals surface area contributed by atoms with Gasteiger partial charge in [-0.25, -0.2) is 4.98 Å². The van der Waals surface area contributed by atoms with Crippen LogP contribution in [0, 0.1) is 13.8 Å². The van der Waals surface area contributed by atoms with E-state index in [1.807, 2.05) is 17.9 Å². The number of benzene rings is 1. The van der Waals surface area contributed by atoms with Gasteiger partial charge in [0.1, 0.15) is 10.7 Å². The highest BCUT2D eigenvalue weighted by molar-refractivity contribution is 7.07. The van der Waals surface area contributed by atoms with Gasteiger partial charge in [-0.1, -0.05) is 10.6 Å². The van der Waals surface area contributed by atoms with Crippen LogP contribution in [-0.2, 0) is 0 Å². The molecule has 1 aromatic carbocycles. The number of fused-ring (bicyclic) bond motifs is 1. The maximum absolute atomic E-state index is 12.8. The lowest BCUT2D eigenvalue weighted by Gasteiger charge is -2.22. The predicted octanol–water partition coefficient (Wildman–Crippen LogP) is 3.01. The normalized spacial score (nSPS) is 18.0. The van der Waals surface area contributed by atoms with Crippen molar-refractivity contribution in [1.82, 2.24) is 24.5 Å². The first-order valence-corrected chi connectivity index (χ1v) is 8.47. The second kappa shape index (κ2) is 5.42. The highest BCUT2D eigenvalue weighted by Crippen LogP contribution is 2.33. The Hall–Kier alpha value is -2.28. The first-order valence-electron chi connectivity index (χ1n) is 7.69. The molecule has 0 saturated carbocycles. The molecule has 0 bridgehead atoms.